The zero-order valence-electron chi connectivity index (χ0n) is 15.8. The van der Waals surface area contributed by atoms with Gasteiger partial charge in [0.1, 0.15) is 30.0 Å². The summed E-state index contributed by atoms with van der Waals surface area (Å²) in [5.74, 6) is 0.583. The van der Waals surface area contributed by atoms with E-state index in [2.05, 4.69) is 10.3 Å². The van der Waals surface area contributed by atoms with Gasteiger partial charge in [0.2, 0.25) is 0 Å². The van der Waals surface area contributed by atoms with Crippen molar-refractivity contribution in [3.05, 3.63) is 78.2 Å². The average molecular weight is 396 g/mol. The van der Waals surface area contributed by atoms with Crippen molar-refractivity contribution in [2.24, 2.45) is 0 Å². The van der Waals surface area contributed by atoms with E-state index in [4.69, 9.17) is 9.47 Å². The molecule has 1 aromatic heterocycles. The molecule has 0 bridgehead atoms. The number of nitrogens with one attached hydrogen (secondary N) is 1. The van der Waals surface area contributed by atoms with Crippen LogP contribution in [0.25, 0.3) is 11.3 Å². The number of hydrogen-bond donors (Lipinski definition) is 2. The molecule has 3 aromatic rings. The van der Waals surface area contributed by atoms with Gasteiger partial charge in [-0.05, 0) is 48.5 Å². The van der Waals surface area contributed by atoms with Crippen LogP contribution in [-0.4, -0.2) is 42.4 Å². The molecule has 0 saturated heterocycles. The van der Waals surface area contributed by atoms with Crippen LogP contribution in [0.1, 0.15) is 10.4 Å². The fourth-order valence-electron chi connectivity index (χ4n) is 2.58. The molecule has 1 amide bonds. The smallest absolute Gasteiger partial charge is 0.252 e. The first kappa shape index (κ1) is 20.3. The number of amides is 1. The summed E-state index contributed by atoms with van der Waals surface area (Å²) in [7, 11) is 1.58. The largest absolute Gasteiger partial charge is 0.497 e. The monoisotopic (exact) mass is 396 g/mol. The van der Waals surface area contributed by atoms with Crippen LogP contribution in [-0.2, 0) is 0 Å². The predicted molar refractivity (Wildman–Crippen MR) is 106 cm³/mol. The summed E-state index contributed by atoms with van der Waals surface area (Å²) in [5, 5.41) is 12.6. The molecule has 29 heavy (non-hydrogen) atoms. The molecular weight excluding hydrogens is 375 g/mol. The highest BCUT2D eigenvalue weighted by atomic mass is 19.1. The fourth-order valence-corrected chi connectivity index (χ4v) is 2.58. The second-order valence-corrected chi connectivity index (χ2v) is 6.29. The molecule has 1 unspecified atom stereocenters. The number of benzene rings is 2. The first-order valence-electron chi connectivity index (χ1n) is 9.00. The third kappa shape index (κ3) is 5.76. The van der Waals surface area contributed by atoms with Crippen molar-refractivity contribution >= 4 is 5.91 Å². The molecule has 7 heteroatoms. The van der Waals surface area contributed by atoms with Crippen molar-refractivity contribution in [3.63, 3.8) is 0 Å². The lowest BCUT2D eigenvalue weighted by molar-refractivity contribution is 0.0843. The zero-order chi connectivity index (χ0) is 20.6. The quantitative estimate of drug-likeness (QED) is 0.612. The maximum absolute atomic E-state index is 13.3. The topological polar surface area (TPSA) is 80.7 Å². The van der Waals surface area contributed by atoms with Gasteiger partial charge in [0, 0.05) is 18.3 Å². The molecule has 3 rings (SSSR count). The maximum atomic E-state index is 13.3. The number of aliphatic hydroxyl groups excluding tert-OH is 1. The van der Waals surface area contributed by atoms with E-state index in [0.29, 0.717) is 28.3 Å². The molecule has 150 valence electrons. The van der Waals surface area contributed by atoms with Gasteiger partial charge in [0.15, 0.2) is 0 Å². The Morgan fingerprint density at radius 2 is 1.90 bits per heavy atom. The van der Waals surface area contributed by atoms with Crippen molar-refractivity contribution in [1.29, 1.82) is 0 Å². The Morgan fingerprint density at radius 1 is 1.14 bits per heavy atom. The predicted octanol–water partition coefficient (Wildman–Crippen LogP) is 3.07. The number of ether oxygens (including phenoxy) is 2. The van der Waals surface area contributed by atoms with Crippen LogP contribution in [0, 0.1) is 5.82 Å². The molecule has 0 fully saturated rings. The summed E-state index contributed by atoms with van der Waals surface area (Å²) in [4.78, 5) is 16.4. The van der Waals surface area contributed by atoms with E-state index in [1.807, 2.05) is 0 Å². The number of carbonyl (C=O) groups excluding carboxylic acids is 1. The molecule has 0 aliphatic carbocycles. The number of carbonyl (C=O) groups is 1. The second-order valence-electron chi connectivity index (χ2n) is 6.29. The first-order chi connectivity index (χ1) is 14.0. The van der Waals surface area contributed by atoms with Gasteiger partial charge < -0.3 is 19.9 Å². The molecule has 6 nitrogen and oxygen atoms in total. The Hall–Kier alpha value is -3.45. The number of pyridine rings is 1. The highest BCUT2D eigenvalue weighted by molar-refractivity contribution is 5.94. The lowest BCUT2D eigenvalue weighted by Gasteiger charge is -2.13. The summed E-state index contributed by atoms with van der Waals surface area (Å²) in [6.45, 7) is 0.0595. The van der Waals surface area contributed by atoms with Crippen molar-refractivity contribution in [3.8, 4) is 22.8 Å². The van der Waals surface area contributed by atoms with Crippen LogP contribution < -0.4 is 14.8 Å². The van der Waals surface area contributed by atoms with E-state index < -0.39 is 6.10 Å². The van der Waals surface area contributed by atoms with Crippen molar-refractivity contribution in [1.82, 2.24) is 10.3 Å². The molecule has 2 aromatic carbocycles. The standard InChI is InChI=1S/C22H21FN2O4/c1-28-19-6-8-20(9-7-19)29-14-18(26)13-25-22(27)16-5-10-21(24-12-16)15-3-2-4-17(23)11-15/h2-12,18,26H,13-14H2,1H3,(H,25,27). The lowest BCUT2D eigenvalue weighted by Crippen LogP contribution is -2.35. The SMILES string of the molecule is COc1ccc(OCC(O)CNC(=O)c2ccc(-c3cccc(F)c3)nc2)cc1. The van der Waals surface area contributed by atoms with E-state index in [1.165, 1.54) is 18.3 Å². The van der Waals surface area contributed by atoms with Crippen LogP contribution in [0.3, 0.4) is 0 Å². The molecule has 1 atom stereocenters. The summed E-state index contributed by atoms with van der Waals surface area (Å²) < 4.78 is 23.9. The number of halogens is 1. The molecule has 0 spiro atoms. The first-order valence-corrected chi connectivity index (χ1v) is 9.00. The molecule has 0 radical (unpaired) electrons. The lowest BCUT2D eigenvalue weighted by atomic mass is 10.1. The van der Waals surface area contributed by atoms with Crippen molar-refractivity contribution < 1.29 is 23.8 Å². The Balaban J connectivity index is 1.48. The number of aliphatic hydroxyl groups is 1. The molecular formula is C22H21FN2O4. The molecule has 2 N–H and O–H groups in total. The molecule has 0 aliphatic rings. The Labute approximate surface area is 167 Å². The fraction of sp³-hybridized carbons (Fsp3) is 0.182. The van der Waals surface area contributed by atoms with Gasteiger partial charge in [0.25, 0.3) is 5.91 Å². The number of aromatic nitrogens is 1. The van der Waals surface area contributed by atoms with E-state index in [1.54, 1.807) is 55.6 Å². The van der Waals surface area contributed by atoms with E-state index >= 15 is 0 Å². The van der Waals surface area contributed by atoms with Gasteiger partial charge in [-0.25, -0.2) is 4.39 Å². The van der Waals surface area contributed by atoms with E-state index in [9.17, 15) is 14.3 Å². The minimum atomic E-state index is -0.874. The molecule has 1 heterocycles. The molecule has 0 saturated carbocycles. The van der Waals surface area contributed by atoms with Crippen LogP contribution in [0.4, 0.5) is 4.39 Å². The van der Waals surface area contributed by atoms with Gasteiger partial charge in [-0.3, -0.25) is 9.78 Å². The van der Waals surface area contributed by atoms with Gasteiger partial charge in [-0.15, -0.1) is 0 Å². The Kier molecular flexibility index (Phi) is 6.76. The summed E-state index contributed by atoms with van der Waals surface area (Å²) in [6.07, 6.45) is 0.538. The third-order valence-corrected chi connectivity index (χ3v) is 4.15. The number of rotatable bonds is 8. The highest BCUT2D eigenvalue weighted by Gasteiger charge is 2.11. The Bertz CT molecular complexity index is 946. The average Bonchev–Trinajstić information content (AvgIpc) is 2.76. The molecule has 0 aliphatic heterocycles. The van der Waals surface area contributed by atoms with Crippen LogP contribution in [0.2, 0.25) is 0 Å². The summed E-state index contributed by atoms with van der Waals surface area (Å²) in [6, 6.07) is 16.3. The van der Waals surface area contributed by atoms with Crippen LogP contribution in [0.5, 0.6) is 11.5 Å². The van der Waals surface area contributed by atoms with E-state index in [0.717, 1.165) is 0 Å². The third-order valence-electron chi connectivity index (χ3n) is 4.15. The summed E-state index contributed by atoms with van der Waals surface area (Å²) in [5.41, 5.74) is 1.53. The number of nitrogens with zero attached hydrogens (tertiary/aromatic N) is 1. The van der Waals surface area contributed by atoms with Crippen LogP contribution >= 0.6 is 0 Å². The van der Waals surface area contributed by atoms with Gasteiger partial charge in [0.05, 0.1) is 18.4 Å². The second kappa shape index (κ2) is 9.66. The maximum Gasteiger partial charge on any atom is 0.252 e. The zero-order valence-corrected chi connectivity index (χ0v) is 15.8. The highest BCUT2D eigenvalue weighted by Crippen LogP contribution is 2.18. The Morgan fingerprint density at radius 3 is 2.55 bits per heavy atom. The minimum Gasteiger partial charge on any atom is -0.497 e. The van der Waals surface area contributed by atoms with Crippen molar-refractivity contribution in [2.45, 2.75) is 6.10 Å². The number of hydrogen-bond acceptors (Lipinski definition) is 5. The minimum absolute atomic E-state index is 0.0284. The summed E-state index contributed by atoms with van der Waals surface area (Å²) >= 11 is 0. The van der Waals surface area contributed by atoms with E-state index in [-0.39, 0.29) is 24.9 Å². The van der Waals surface area contributed by atoms with Gasteiger partial charge >= 0.3 is 0 Å². The number of methoxy groups -OCH3 is 1. The van der Waals surface area contributed by atoms with Gasteiger partial charge in [-0.1, -0.05) is 12.1 Å². The van der Waals surface area contributed by atoms with Gasteiger partial charge in [-0.2, -0.15) is 0 Å². The normalized spacial score (nSPS) is 11.6. The van der Waals surface area contributed by atoms with Crippen LogP contribution in [0.15, 0.2) is 66.9 Å². The van der Waals surface area contributed by atoms with Crippen molar-refractivity contribution in [2.75, 3.05) is 20.3 Å².